The van der Waals surface area contributed by atoms with E-state index in [-0.39, 0.29) is 11.7 Å². The van der Waals surface area contributed by atoms with Crippen molar-refractivity contribution in [2.24, 2.45) is 0 Å². The van der Waals surface area contributed by atoms with Gasteiger partial charge in [0.25, 0.3) is 5.91 Å². The highest BCUT2D eigenvalue weighted by Crippen LogP contribution is 2.30. The number of carbonyl (C=O) groups is 1. The molecule has 3 heterocycles. The summed E-state index contributed by atoms with van der Waals surface area (Å²) in [6.45, 7) is 3.35. The van der Waals surface area contributed by atoms with Gasteiger partial charge in [0.2, 0.25) is 0 Å². The minimum absolute atomic E-state index is 0.0464. The van der Waals surface area contributed by atoms with E-state index in [4.69, 9.17) is 0 Å². The van der Waals surface area contributed by atoms with Gasteiger partial charge in [-0.25, -0.2) is 14.4 Å². The molecule has 1 N–H and O–H groups in total. The van der Waals surface area contributed by atoms with Crippen molar-refractivity contribution >= 4 is 40.1 Å². The maximum atomic E-state index is 13.3. The zero-order chi connectivity index (χ0) is 18.8. The summed E-state index contributed by atoms with van der Waals surface area (Å²) in [6.07, 6.45) is 1.59. The minimum atomic E-state index is -0.306. The molecule has 1 amide bonds. The van der Waals surface area contributed by atoms with Crippen molar-refractivity contribution in [3.63, 3.8) is 0 Å². The number of halogens is 1. The van der Waals surface area contributed by atoms with Gasteiger partial charge >= 0.3 is 0 Å². The first-order valence-corrected chi connectivity index (χ1v) is 9.93. The van der Waals surface area contributed by atoms with Crippen LogP contribution in [0.15, 0.2) is 42.6 Å². The van der Waals surface area contributed by atoms with Crippen molar-refractivity contribution in [3.8, 4) is 0 Å². The zero-order valence-corrected chi connectivity index (χ0v) is 15.7. The molecule has 1 fully saturated rings. The number of fused-ring (bicyclic) bond motifs is 1. The molecule has 0 radical (unpaired) electrons. The number of anilines is 2. The fourth-order valence-electron chi connectivity index (χ4n) is 3.08. The molecule has 0 atom stereocenters. The number of carbonyl (C=O) groups excluding carboxylic acids is 1. The lowest BCUT2D eigenvalue weighted by Crippen LogP contribution is -2.38. The Kier molecular flexibility index (Phi) is 4.94. The third-order valence-corrected chi connectivity index (χ3v) is 5.45. The number of pyridine rings is 2. The largest absolute Gasteiger partial charge is 0.354 e. The summed E-state index contributed by atoms with van der Waals surface area (Å²) < 4.78 is 13.3. The van der Waals surface area contributed by atoms with Crippen LogP contribution in [-0.2, 0) is 0 Å². The van der Waals surface area contributed by atoms with Crippen LogP contribution in [0.1, 0.15) is 16.1 Å². The number of hydrogen-bond acceptors (Lipinski definition) is 5. The highest BCUT2D eigenvalue weighted by Gasteiger charge is 2.23. The van der Waals surface area contributed by atoms with Gasteiger partial charge in [0, 0.05) is 47.6 Å². The summed E-state index contributed by atoms with van der Waals surface area (Å²) in [5.41, 5.74) is 3.29. The lowest BCUT2D eigenvalue weighted by molar-refractivity contribution is 0.0773. The Morgan fingerprint density at radius 1 is 1.15 bits per heavy atom. The second-order valence-electron chi connectivity index (χ2n) is 6.41. The van der Waals surface area contributed by atoms with Crippen LogP contribution in [-0.4, -0.2) is 45.4 Å². The summed E-state index contributed by atoms with van der Waals surface area (Å²) in [7, 11) is 0. The molecule has 7 heteroatoms. The minimum Gasteiger partial charge on any atom is -0.354 e. The van der Waals surface area contributed by atoms with Crippen LogP contribution in [0.3, 0.4) is 0 Å². The van der Waals surface area contributed by atoms with E-state index in [0.717, 1.165) is 35.7 Å². The van der Waals surface area contributed by atoms with Crippen molar-refractivity contribution in [2.75, 3.05) is 29.9 Å². The van der Waals surface area contributed by atoms with E-state index < -0.39 is 0 Å². The molecule has 1 aliphatic rings. The number of aromatic nitrogens is 2. The standard InChI is InChI=1S/C20H19FN4OS/c1-13-2-7-16-18(24-15-5-3-14(21)4-6-15)17(12-22-19(16)23-13)20(26)25-8-10-27-11-9-25/h2-7,12H,8-11H2,1H3,(H,22,23,24). The Balaban J connectivity index is 1.80. The summed E-state index contributed by atoms with van der Waals surface area (Å²) in [5, 5.41) is 4.05. The third-order valence-electron chi connectivity index (χ3n) is 4.51. The van der Waals surface area contributed by atoms with E-state index in [2.05, 4.69) is 15.3 Å². The molecule has 1 saturated heterocycles. The van der Waals surface area contributed by atoms with Crippen LogP contribution in [0.25, 0.3) is 11.0 Å². The summed E-state index contributed by atoms with van der Waals surface area (Å²) >= 11 is 1.85. The fraction of sp³-hybridized carbons (Fsp3) is 0.250. The van der Waals surface area contributed by atoms with E-state index >= 15 is 0 Å². The van der Waals surface area contributed by atoms with E-state index in [9.17, 15) is 9.18 Å². The highest BCUT2D eigenvalue weighted by atomic mass is 32.2. The van der Waals surface area contributed by atoms with Crippen LogP contribution in [0, 0.1) is 12.7 Å². The SMILES string of the molecule is Cc1ccc2c(Nc3ccc(F)cc3)c(C(=O)N3CCSCC3)cnc2n1. The van der Waals surface area contributed by atoms with Crippen molar-refractivity contribution in [1.82, 2.24) is 14.9 Å². The van der Waals surface area contributed by atoms with Crippen LogP contribution >= 0.6 is 11.8 Å². The maximum absolute atomic E-state index is 13.3. The van der Waals surface area contributed by atoms with Crippen molar-refractivity contribution in [3.05, 3.63) is 59.7 Å². The van der Waals surface area contributed by atoms with E-state index in [0.29, 0.717) is 22.6 Å². The Hall–Kier alpha value is -2.67. The number of nitrogens with zero attached hydrogens (tertiary/aromatic N) is 3. The molecule has 3 aromatic rings. The van der Waals surface area contributed by atoms with Gasteiger partial charge in [0.15, 0.2) is 5.65 Å². The van der Waals surface area contributed by atoms with Gasteiger partial charge in [0.1, 0.15) is 5.82 Å². The molecule has 5 nitrogen and oxygen atoms in total. The molecule has 4 rings (SSSR count). The average Bonchev–Trinajstić information content (AvgIpc) is 2.70. The van der Waals surface area contributed by atoms with Gasteiger partial charge in [-0.2, -0.15) is 11.8 Å². The first-order chi connectivity index (χ1) is 13.1. The number of benzene rings is 1. The number of rotatable bonds is 3. The lowest BCUT2D eigenvalue weighted by atomic mass is 10.1. The number of amides is 1. The van der Waals surface area contributed by atoms with Gasteiger partial charge in [0.05, 0.1) is 11.3 Å². The molecule has 0 spiro atoms. The number of nitrogens with one attached hydrogen (secondary N) is 1. The molecule has 0 bridgehead atoms. The van der Waals surface area contributed by atoms with E-state index in [1.165, 1.54) is 12.1 Å². The van der Waals surface area contributed by atoms with E-state index in [1.807, 2.05) is 35.7 Å². The third kappa shape index (κ3) is 3.73. The lowest BCUT2D eigenvalue weighted by Gasteiger charge is -2.27. The summed E-state index contributed by atoms with van der Waals surface area (Å²) in [5.74, 6) is 1.53. The van der Waals surface area contributed by atoms with Crippen molar-refractivity contribution in [1.29, 1.82) is 0 Å². The van der Waals surface area contributed by atoms with Crippen LogP contribution < -0.4 is 5.32 Å². The molecule has 1 aliphatic heterocycles. The normalized spacial score (nSPS) is 14.4. The zero-order valence-electron chi connectivity index (χ0n) is 14.9. The average molecular weight is 382 g/mol. The molecule has 27 heavy (non-hydrogen) atoms. The van der Waals surface area contributed by atoms with Gasteiger partial charge < -0.3 is 10.2 Å². The van der Waals surface area contributed by atoms with Gasteiger partial charge in [-0.05, 0) is 43.3 Å². The highest BCUT2D eigenvalue weighted by molar-refractivity contribution is 7.99. The van der Waals surface area contributed by atoms with Crippen molar-refractivity contribution in [2.45, 2.75) is 6.92 Å². The molecule has 0 unspecified atom stereocenters. The second kappa shape index (κ2) is 7.52. The quantitative estimate of drug-likeness (QED) is 0.742. The molecule has 2 aromatic heterocycles. The second-order valence-corrected chi connectivity index (χ2v) is 7.63. The summed E-state index contributed by atoms with van der Waals surface area (Å²) in [6, 6.07) is 9.88. The predicted molar refractivity (Wildman–Crippen MR) is 107 cm³/mol. The molecular weight excluding hydrogens is 363 g/mol. The maximum Gasteiger partial charge on any atom is 0.257 e. The van der Waals surface area contributed by atoms with Crippen LogP contribution in [0.4, 0.5) is 15.8 Å². The number of hydrogen-bond donors (Lipinski definition) is 1. The van der Waals surface area contributed by atoms with Crippen molar-refractivity contribution < 1.29 is 9.18 Å². The van der Waals surface area contributed by atoms with Gasteiger partial charge in [-0.15, -0.1) is 0 Å². The topological polar surface area (TPSA) is 58.1 Å². The Morgan fingerprint density at radius 3 is 2.63 bits per heavy atom. The molecule has 0 aliphatic carbocycles. The summed E-state index contributed by atoms with van der Waals surface area (Å²) in [4.78, 5) is 23.9. The van der Waals surface area contributed by atoms with Crippen LogP contribution in [0.2, 0.25) is 0 Å². The molecule has 138 valence electrons. The number of thioether (sulfide) groups is 1. The van der Waals surface area contributed by atoms with E-state index in [1.54, 1.807) is 18.3 Å². The fourth-order valence-corrected chi connectivity index (χ4v) is 3.99. The van der Waals surface area contributed by atoms with Crippen LogP contribution in [0.5, 0.6) is 0 Å². The molecule has 0 saturated carbocycles. The first-order valence-electron chi connectivity index (χ1n) is 8.78. The number of aryl methyl sites for hydroxylation is 1. The predicted octanol–water partition coefficient (Wildman–Crippen LogP) is 4.01. The molecular formula is C20H19FN4OS. The Bertz CT molecular complexity index is 987. The van der Waals surface area contributed by atoms with Gasteiger partial charge in [-0.1, -0.05) is 0 Å². The Labute approximate surface area is 161 Å². The molecule has 1 aromatic carbocycles. The first kappa shape index (κ1) is 17.7. The smallest absolute Gasteiger partial charge is 0.257 e. The monoisotopic (exact) mass is 382 g/mol. The van der Waals surface area contributed by atoms with Gasteiger partial charge in [-0.3, -0.25) is 4.79 Å². The Morgan fingerprint density at radius 2 is 1.89 bits per heavy atom.